The fraction of sp³-hybridized carbons (Fsp3) is 0.222. The van der Waals surface area contributed by atoms with Crippen LogP contribution in [0.2, 0.25) is 0 Å². The second-order valence-corrected chi connectivity index (χ2v) is 3.76. The van der Waals surface area contributed by atoms with E-state index in [0.29, 0.717) is 11.3 Å². The van der Waals surface area contributed by atoms with E-state index in [1.807, 2.05) is 0 Å². The number of carbonyl (C=O) groups is 1. The Balaban J connectivity index is 3.20. The molecule has 0 spiro atoms. The minimum Gasteiger partial charge on any atom is -0.398 e. The first kappa shape index (κ1) is 10.1. The van der Waals surface area contributed by atoms with Gasteiger partial charge < -0.3 is 10.6 Å². The van der Waals surface area contributed by atoms with Crippen LogP contribution in [-0.4, -0.2) is 24.9 Å². The molecule has 1 aromatic carbocycles. The minimum atomic E-state index is -0.0926. The van der Waals surface area contributed by atoms with Gasteiger partial charge in [-0.3, -0.25) is 4.79 Å². The molecule has 0 aliphatic heterocycles. The lowest BCUT2D eigenvalue weighted by Crippen LogP contribution is -2.23. The van der Waals surface area contributed by atoms with Crippen LogP contribution in [0.25, 0.3) is 0 Å². The molecular weight excluding hydrogens is 232 g/mol. The van der Waals surface area contributed by atoms with E-state index in [4.69, 9.17) is 5.73 Å². The van der Waals surface area contributed by atoms with E-state index >= 15 is 0 Å². The molecule has 0 unspecified atom stereocenters. The molecule has 0 saturated carbocycles. The van der Waals surface area contributed by atoms with Crippen molar-refractivity contribution in [3.63, 3.8) is 0 Å². The first-order chi connectivity index (χ1) is 6.04. The van der Waals surface area contributed by atoms with Crippen LogP contribution in [0.5, 0.6) is 0 Å². The maximum atomic E-state index is 11.6. The highest BCUT2D eigenvalue weighted by Gasteiger charge is 2.14. The van der Waals surface area contributed by atoms with Crippen molar-refractivity contribution in [2.45, 2.75) is 0 Å². The Labute approximate surface area is 85.7 Å². The third-order valence-electron chi connectivity index (χ3n) is 1.67. The molecule has 0 bridgehead atoms. The zero-order valence-corrected chi connectivity index (χ0v) is 9.13. The molecule has 0 aliphatic carbocycles. The van der Waals surface area contributed by atoms with E-state index in [9.17, 15) is 4.79 Å². The molecule has 1 aromatic rings. The van der Waals surface area contributed by atoms with Gasteiger partial charge in [0.25, 0.3) is 5.91 Å². The Morgan fingerprint density at radius 3 is 2.54 bits per heavy atom. The van der Waals surface area contributed by atoms with Crippen LogP contribution in [0, 0.1) is 0 Å². The largest absolute Gasteiger partial charge is 0.398 e. The molecule has 0 saturated heterocycles. The third kappa shape index (κ3) is 2.01. The van der Waals surface area contributed by atoms with Crippen LogP contribution in [-0.2, 0) is 0 Å². The average Bonchev–Trinajstić information content (AvgIpc) is 2.03. The van der Waals surface area contributed by atoms with Crippen LogP contribution >= 0.6 is 15.9 Å². The summed E-state index contributed by atoms with van der Waals surface area (Å²) in [4.78, 5) is 13.1. The minimum absolute atomic E-state index is 0.0926. The van der Waals surface area contributed by atoms with E-state index in [1.54, 1.807) is 32.3 Å². The van der Waals surface area contributed by atoms with Gasteiger partial charge in [-0.15, -0.1) is 0 Å². The predicted octanol–water partition coefficient (Wildman–Crippen LogP) is 1.73. The third-order valence-corrected chi connectivity index (χ3v) is 2.33. The van der Waals surface area contributed by atoms with E-state index in [0.717, 1.165) is 4.47 Å². The first-order valence-corrected chi connectivity index (χ1v) is 4.59. The summed E-state index contributed by atoms with van der Waals surface area (Å²) in [5, 5.41) is 0. The van der Waals surface area contributed by atoms with E-state index in [1.165, 1.54) is 4.90 Å². The number of nitrogen functional groups attached to an aromatic ring is 1. The van der Waals surface area contributed by atoms with Gasteiger partial charge >= 0.3 is 0 Å². The zero-order chi connectivity index (χ0) is 10.0. The van der Waals surface area contributed by atoms with Gasteiger partial charge in [0.05, 0.1) is 5.56 Å². The van der Waals surface area contributed by atoms with Crippen molar-refractivity contribution in [3.05, 3.63) is 28.2 Å². The van der Waals surface area contributed by atoms with Gasteiger partial charge in [0, 0.05) is 24.3 Å². The molecule has 1 rings (SSSR count). The summed E-state index contributed by atoms with van der Waals surface area (Å²) in [6.45, 7) is 0. The number of nitrogens with two attached hydrogens (primary N) is 1. The number of rotatable bonds is 1. The van der Waals surface area contributed by atoms with Gasteiger partial charge in [0.15, 0.2) is 0 Å². The predicted molar refractivity (Wildman–Crippen MR) is 56.6 cm³/mol. The average molecular weight is 243 g/mol. The van der Waals surface area contributed by atoms with Crippen molar-refractivity contribution in [1.29, 1.82) is 0 Å². The number of benzene rings is 1. The highest BCUT2D eigenvalue weighted by atomic mass is 79.9. The Kier molecular flexibility index (Phi) is 2.93. The highest BCUT2D eigenvalue weighted by molar-refractivity contribution is 9.10. The first-order valence-electron chi connectivity index (χ1n) is 3.79. The lowest BCUT2D eigenvalue weighted by atomic mass is 10.1. The molecule has 0 fully saturated rings. The van der Waals surface area contributed by atoms with Crippen LogP contribution in [0.1, 0.15) is 10.4 Å². The Bertz CT molecular complexity index is 316. The number of carbonyl (C=O) groups excluding carboxylic acids is 1. The zero-order valence-electron chi connectivity index (χ0n) is 7.54. The second-order valence-electron chi connectivity index (χ2n) is 2.90. The number of hydrogen-bond donors (Lipinski definition) is 1. The number of halogens is 1. The van der Waals surface area contributed by atoms with Crippen LogP contribution in [0.3, 0.4) is 0 Å². The summed E-state index contributed by atoms with van der Waals surface area (Å²) < 4.78 is 0.728. The number of amides is 1. The van der Waals surface area contributed by atoms with Crippen molar-refractivity contribution >= 4 is 27.5 Å². The molecule has 0 radical (unpaired) electrons. The van der Waals surface area contributed by atoms with Gasteiger partial charge in [0.1, 0.15) is 0 Å². The summed E-state index contributed by atoms with van der Waals surface area (Å²) in [6, 6.07) is 5.31. The van der Waals surface area contributed by atoms with Crippen molar-refractivity contribution in [3.8, 4) is 0 Å². The van der Waals surface area contributed by atoms with E-state index in [2.05, 4.69) is 15.9 Å². The maximum Gasteiger partial charge on any atom is 0.256 e. The topological polar surface area (TPSA) is 46.3 Å². The molecule has 3 nitrogen and oxygen atoms in total. The molecule has 70 valence electrons. The quantitative estimate of drug-likeness (QED) is 0.763. The van der Waals surface area contributed by atoms with E-state index in [-0.39, 0.29) is 5.91 Å². The van der Waals surface area contributed by atoms with Gasteiger partial charge in [-0.1, -0.05) is 6.07 Å². The lowest BCUT2D eigenvalue weighted by molar-refractivity contribution is 0.0828. The Hall–Kier alpha value is -1.03. The molecule has 2 N–H and O–H groups in total. The number of anilines is 1. The van der Waals surface area contributed by atoms with Gasteiger partial charge in [-0.05, 0) is 28.1 Å². The Morgan fingerprint density at radius 1 is 1.46 bits per heavy atom. The summed E-state index contributed by atoms with van der Waals surface area (Å²) >= 11 is 3.29. The molecule has 13 heavy (non-hydrogen) atoms. The molecule has 0 aromatic heterocycles. The molecule has 1 amide bonds. The summed E-state index contributed by atoms with van der Waals surface area (Å²) in [7, 11) is 3.39. The van der Waals surface area contributed by atoms with Crippen LogP contribution in [0.4, 0.5) is 5.69 Å². The SMILES string of the molecule is CN(C)C(=O)c1c(N)cccc1Br. The monoisotopic (exact) mass is 242 g/mol. The summed E-state index contributed by atoms with van der Waals surface area (Å²) in [6.07, 6.45) is 0. The molecule has 0 aliphatic rings. The second kappa shape index (κ2) is 3.79. The van der Waals surface area contributed by atoms with Crippen molar-refractivity contribution in [1.82, 2.24) is 4.90 Å². The highest BCUT2D eigenvalue weighted by Crippen LogP contribution is 2.23. The van der Waals surface area contributed by atoms with Crippen molar-refractivity contribution in [2.24, 2.45) is 0 Å². The standard InChI is InChI=1S/C9H11BrN2O/c1-12(2)9(13)8-6(10)4-3-5-7(8)11/h3-5H,11H2,1-2H3. The van der Waals surface area contributed by atoms with Gasteiger partial charge in [-0.2, -0.15) is 0 Å². The molecular formula is C9H11BrN2O. The molecule has 0 heterocycles. The fourth-order valence-electron chi connectivity index (χ4n) is 0.990. The molecule has 0 atom stereocenters. The summed E-state index contributed by atoms with van der Waals surface area (Å²) in [5.74, 6) is -0.0926. The van der Waals surface area contributed by atoms with Crippen molar-refractivity contribution in [2.75, 3.05) is 19.8 Å². The maximum absolute atomic E-state index is 11.6. The van der Waals surface area contributed by atoms with Crippen LogP contribution < -0.4 is 5.73 Å². The Morgan fingerprint density at radius 2 is 2.08 bits per heavy atom. The fourth-order valence-corrected chi connectivity index (χ4v) is 1.54. The smallest absolute Gasteiger partial charge is 0.256 e. The van der Waals surface area contributed by atoms with Gasteiger partial charge in [-0.25, -0.2) is 0 Å². The number of hydrogen-bond acceptors (Lipinski definition) is 2. The number of nitrogens with zero attached hydrogens (tertiary/aromatic N) is 1. The van der Waals surface area contributed by atoms with Crippen LogP contribution in [0.15, 0.2) is 22.7 Å². The summed E-state index contributed by atoms with van der Waals surface area (Å²) in [5.41, 5.74) is 6.70. The van der Waals surface area contributed by atoms with E-state index < -0.39 is 0 Å². The van der Waals surface area contributed by atoms with Crippen molar-refractivity contribution < 1.29 is 4.79 Å². The van der Waals surface area contributed by atoms with Gasteiger partial charge in [0.2, 0.25) is 0 Å². The molecule has 4 heteroatoms. The lowest BCUT2D eigenvalue weighted by Gasteiger charge is -2.13. The normalized spacial score (nSPS) is 9.77.